The first-order valence-corrected chi connectivity index (χ1v) is 6.53. The van der Waals surface area contributed by atoms with E-state index >= 15 is 0 Å². The van der Waals surface area contributed by atoms with Gasteiger partial charge in [-0.2, -0.15) is 5.10 Å². The van der Waals surface area contributed by atoms with Crippen molar-refractivity contribution in [3.63, 3.8) is 0 Å². The number of nitrogens with zero attached hydrogens (tertiary/aromatic N) is 2. The topological polar surface area (TPSA) is 67.6 Å². The lowest BCUT2D eigenvalue weighted by Gasteiger charge is -1.98. The first-order chi connectivity index (χ1) is 9.70. The fourth-order valence-corrected chi connectivity index (χ4v) is 2.03. The van der Waals surface area contributed by atoms with Crippen molar-refractivity contribution in [3.8, 4) is 11.4 Å². The van der Waals surface area contributed by atoms with Crippen LogP contribution in [-0.2, 0) is 6.42 Å². The van der Waals surface area contributed by atoms with Gasteiger partial charge in [-0.15, -0.1) is 0 Å². The number of hydrogen-bond acceptors (Lipinski definition) is 3. The Balaban J connectivity index is 1.80. The van der Waals surface area contributed by atoms with E-state index in [-0.39, 0.29) is 0 Å². The number of nitrogen functional groups attached to an aromatic ring is 1. The summed E-state index contributed by atoms with van der Waals surface area (Å²) < 4.78 is 0. The van der Waals surface area contributed by atoms with Crippen LogP contribution in [0, 0.1) is 6.92 Å². The van der Waals surface area contributed by atoms with Crippen LogP contribution in [0.2, 0.25) is 0 Å². The predicted octanol–water partition coefficient (Wildman–Crippen LogP) is 2.95. The largest absolute Gasteiger partial charge is 0.399 e. The summed E-state index contributed by atoms with van der Waals surface area (Å²) in [5.74, 6) is 1.58. The summed E-state index contributed by atoms with van der Waals surface area (Å²) in [6.07, 6.45) is 0.721. The predicted molar refractivity (Wildman–Crippen MR) is 80.2 cm³/mol. The van der Waals surface area contributed by atoms with Crippen molar-refractivity contribution in [2.75, 3.05) is 5.73 Å². The minimum Gasteiger partial charge on any atom is -0.399 e. The van der Waals surface area contributed by atoms with Gasteiger partial charge in [0.25, 0.3) is 0 Å². The van der Waals surface area contributed by atoms with Crippen molar-refractivity contribution >= 4 is 5.69 Å². The monoisotopic (exact) mass is 264 g/mol. The Morgan fingerprint density at radius 1 is 1.00 bits per heavy atom. The van der Waals surface area contributed by atoms with Crippen LogP contribution < -0.4 is 5.73 Å². The normalized spacial score (nSPS) is 10.7. The van der Waals surface area contributed by atoms with Crippen LogP contribution in [0.15, 0.2) is 48.5 Å². The van der Waals surface area contributed by atoms with Crippen LogP contribution in [0.3, 0.4) is 0 Å². The fourth-order valence-electron chi connectivity index (χ4n) is 2.03. The van der Waals surface area contributed by atoms with Gasteiger partial charge >= 0.3 is 0 Å². The number of nitrogens with two attached hydrogens (primary N) is 1. The van der Waals surface area contributed by atoms with Crippen molar-refractivity contribution in [2.24, 2.45) is 0 Å². The fraction of sp³-hybridized carbons (Fsp3) is 0.125. The summed E-state index contributed by atoms with van der Waals surface area (Å²) in [4.78, 5) is 4.53. The van der Waals surface area contributed by atoms with Gasteiger partial charge < -0.3 is 5.73 Å². The number of H-pyrrole nitrogens is 1. The molecule has 1 aromatic heterocycles. The lowest BCUT2D eigenvalue weighted by molar-refractivity contribution is 0.973. The highest BCUT2D eigenvalue weighted by atomic mass is 15.2. The molecule has 0 unspecified atom stereocenters. The number of hydrogen-bond donors (Lipinski definition) is 2. The quantitative estimate of drug-likeness (QED) is 0.715. The van der Waals surface area contributed by atoms with E-state index in [1.807, 2.05) is 36.4 Å². The Bertz CT molecular complexity index is 696. The van der Waals surface area contributed by atoms with E-state index in [1.165, 1.54) is 5.56 Å². The van der Waals surface area contributed by atoms with Gasteiger partial charge in [0.2, 0.25) is 0 Å². The second kappa shape index (κ2) is 5.17. The van der Waals surface area contributed by atoms with E-state index in [4.69, 9.17) is 5.73 Å². The molecule has 0 atom stereocenters. The minimum absolute atomic E-state index is 0.721. The summed E-state index contributed by atoms with van der Waals surface area (Å²) in [5, 5.41) is 7.26. The molecule has 0 amide bonds. The molecule has 0 radical (unpaired) electrons. The highest BCUT2D eigenvalue weighted by Crippen LogP contribution is 2.16. The van der Waals surface area contributed by atoms with E-state index in [0.29, 0.717) is 0 Å². The zero-order valence-electron chi connectivity index (χ0n) is 11.3. The zero-order chi connectivity index (χ0) is 13.9. The van der Waals surface area contributed by atoms with Crippen LogP contribution in [0.25, 0.3) is 11.4 Å². The third kappa shape index (κ3) is 2.69. The average Bonchev–Trinajstić information content (AvgIpc) is 2.91. The maximum Gasteiger partial charge on any atom is 0.181 e. The summed E-state index contributed by atoms with van der Waals surface area (Å²) in [6.45, 7) is 2.06. The summed E-state index contributed by atoms with van der Waals surface area (Å²) in [7, 11) is 0. The standard InChI is InChI=1S/C16H16N4/c1-11-2-6-13(7-3-11)16-18-15(19-20-16)10-12-4-8-14(17)9-5-12/h2-9H,10,17H2,1H3,(H,18,19,20). The van der Waals surface area contributed by atoms with Gasteiger partial charge in [-0.1, -0.05) is 42.0 Å². The van der Waals surface area contributed by atoms with Gasteiger partial charge in [0, 0.05) is 17.7 Å². The molecule has 0 aliphatic heterocycles. The molecule has 0 aliphatic rings. The Labute approximate surface area is 117 Å². The Hall–Kier alpha value is -2.62. The van der Waals surface area contributed by atoms with Crippen LogP contribution in [0.5, 0.6) is 0 Å². The Kier molecular flexibility index (Phi) is 3.21. The molecule has 1 heterocycles. The first kappa shape index (κ1) is 12.4. The first-order valence-electron chi connectivity index (χ1n) is 6.53. The molecular formula is C16H16N4. The van der Waals surface area contributed by atoms with Crippen molar-refractivity contribution in [2.45, 2.75) is 13.3 Å². The van der Waals surface area contributed by atoms with Gasteiger partial charge in [-0.25, -0.2) is 4.98 Å². The molecule has 3 N–H and O–H groups in total. The van der Waals surface area contributed by atoms with Gasteiger partial charge in [-0.3, -0.25) is 5.10 Å². The van der Waals surface area contributed by atoms with Gasteiger partial charge in [0.15, 0.2) is 5.82 Å². The van der Waals surface area contributed by atoms with Crippen molar-refractivity contribution in [3.05, 3.63) is 65.5 Å². The number of anilines is 1. The second-order valence-corrected chi connectivity index (χ2v) is 4.89. The molecule has 0 spiro atoms. The lowest BCUT2D eigenvalue weighted by atomic mass is 10.1. The van der Waals surface area contributed by atoms with Crippen LogP contribution >= 0.6 is 0 Å². The number of nitrogens with one attached hydrogen (secondary N) is 1. The molecule has 0 bridgehead atoms. The molecule has 100 valence electrons. The number of rotatable bonds is 3. The zero-order valence-corrected chi connectivity index (χ0v) is 11.3. The highest BCUT2D eigenvalue weighted by molar-refractivity contribution is 5.54. The number of aromatic nitrogens is 3. The van der Waals surface area contributed by atoms with Gasteiger partial charge in [0.05, 0.1) is 0 Å². The maximum atomic E-state index is 5.68. The average molecular weight is 264 g/mol. The van der Waals surface area contributed by atoms with E-state index in [9.17, 15) is 0 Å². The molecule has 4 nitrogen and oxygen atoms in total. The van der Waals surface area contributed by atoms with Crippen molar-refractivity contribution in [1.29, 1.82) is 0 Å². The molecule has 0 fully saturated rings. The van der Waals surface area contributed by atoms with Crippen LogP contribution in [0.1, 0.15) is 17.0 Å². The third-order valence-corrected chi connectivity index (χ3v) is 3.19. The number of aromatic amines is 1. The van der Waals surface area contributed by atoms with E-state index in [0.717, 1.165) is 34.9 Å². The molecule has 3 aromatic rings. The van der Waals surface area contributed by atoms with Gasteiger partial charge in [0.1, 0.15) is 5.82 Å². The Morgan fingerprint density at radius 2 is 1.70 bits per heavy atom. The molecule has 4 heteroatoms. The third-order valence-electron chi connectivity index (χ3n) is 3.19. The molecule has 3 rings (SSSR count). The van der Waals surface area contributed by atoms with Crippen molar-refractivity contribution < 1.29 is 0 Å². The number of benzene rings is 2. The molecule has 2 aromatic carbocycles. The van der Waals surface area contributed by atoms with Crippen LogP contribution in [0.4, 0.5) is 5.69 Å². The summed E-state index contributed by atoms with van der Waals surface area (Å²) >= 11 is 0. The minimum atomic E-state index is 0.721. The molecule has 0 aliphatic carbocycles. The molecule has 0 saturated carbocycles. The highest BCUT2D eigenvalue weighted by Gasteiger charge is 2.06. The summed E-state index contributed by atoms with van der Waals surface area (Å²) in [6, 6.07) is 16.0. The SMILES string of the molecule is Cc1ccc(-c2n[nH]c(Cc3ccc(N)cc3)n2)cc1. The van der Waals surface area contributed by atoms with Crippen LogP contribution in [-0.4, -0.2) is 15.2 Å². The summed E-state index contributed by atoms with van der Waals surface area (Å²) in [5.41, 5.74) is 9.86. The second-order valence-electron chi connectivity index (χ2n) is 4.89. The van der Waals surface area contributed by atoms with E-state index in [1.54, 1.807) is 0 Å². The maximum absolute atomic E-state index is 5.68. The van der Waals surface area contributed by atoms with E-state index in [2.05, 4.69) is 34.2 Å². The van der Waals surface area contributed by atoms with Gasteiger partial charge in [-0.05, 0) is 24.6 Å². The Morgan fingerprint density at radius 3 is 2.40 bits per heavy atom. The molecular weight excluding hydrogens is 248 g/mol. The van der Waals surface area contributed by atoms with Crippen molar-refractivity contribution in [1.82, 2.24) is 15.2 Å². The number of aryl methyl sites for hydroxylation is 1. The smallest absolute Gasteiger partial charge is 0.181 e. The molecule has 0 saturated heterocycles. The lowest BCUT2D eigenvalue weighted by Crippen LogP contribution is -1.92. The van der Waals surface area contributed by atoms with E-state index < -0.39 is 0 Å². The molecule has 20 heavy (non-hydrogen) atoms.